The summed E-state index contributed by atoms with van der Waals surface area (Å²) < 4.78 is 25.9. The molecule has 0 bridgehead atoms. The number of rotatable bonds is 4. The van der Waals surface area contributed by atoms with E-state index < -0.39 is 10.0 Å². The molecule has 0 spiro atoms. The van der Waals surface area contributed by atoms with Gasteiger partial charge in [-0.15, -0.1) is 11.3 Å². The van der Waals surface area contributed by atoms with Gasteiger partial charge in [0.1, 0.15) is 27.7 Å². The first-order valence-corrected chi connectivity index (χ1v) is 10.9. The Bertz CT molecular complexity index is 1060. The van der Waals surface area contributed by atoms with Gasteiger partial charge in [0, 0.05) is 37.3 Å². The second-order valence-corrected chi connectivity index (χ2v) is 9.43. The Balaban J connectivity index is 1.49. The topological polar surface area (TPSA) is 91.3 Å². The van der Waals surface area contributed by atoms with Gasteiger partial charge < -0.3 is 9.80 Å². The predicted octanol–water partition coefficient (Wildman–Crippen LogP) is 1.63. The van der Waals surface area contributed by atoms with Crippen LogP contribution in [-0.4, -0.2) is 56.6 Å². The molecule has 0 unspecified atom stereocenters. The van der Waals surface area contributed by atoms with Gasteiger partial charge in [-0.05, 0) is 32.2 Å². The second kappa shape index (κ2) is 7.02. The molecule has 4 rings (SSSR count). The fourth-order valence-electron chi connectivity index (χ4n) is 3.20. The van der Waals surface area contributed by atoms with Gasteiger partial charge in [0.05, 0.1) is 5.39 Å². The summed E-state index contributed by atoms with van der Waals surface area (Å²) in [7, 11) is -2.07. The average molecular weight is 405 g/mol. The lowest BCUT2D eigenvalue weighted by Gasteiger charge is -2.36. The molecule has 142 valence electrons. The number of piperazine rings is 1. The first-order valence-electron chi connectivity index (χ1n) is 8.58. The van der Waals surface area contributed by atoms with Gasteiger partial charge in [0.15, 0.2) is 0 Å². The molecule has 8 nitrogen and oxygen atoms in total. The maximum atomic E-state index is 11.8. The molecule has 0 aromatic carbocycles. The van der Waals surface area contributed by atoms with E-state index in [-0.39, 0.29) is 4.90 Å². The standard InChI is InChI=1S/C17H20N6O2S2/c1-12-9-14-16(20-11-21-17(14)26-12)23-7-5-22(6-8-23)15-4-3-13(10-19-15)27(24,25)18-2/h3-4,9-11,18H,5-8H2,1-2H3. The molecular weight excluding hydrogens is 384 g/mol. The lowest BCUT2D eigenvalue weighted by Crippen LogP contribution is -2.47. The molecule has 1 N–H and O–H groups in total. The Morgan fingerprint density at radius 2 is 1.81 bits per heavy atom. The summed E-state index contributed by atoms with van der Waals surface area (Å²) in [5.74, 6) is 1.76. The zero-order chi connectivity index (χ0) is 19.0. The first-order chi connectivity index (χ1) is 13.0. The van der Waals surface area contributed by atoms with Crippen molar-refractivity contribution in [1.29, 1.82) is 0 Å². The van der Waals surface area contributed by atoms with Gasteiger partial charge in [-0.1, -0.05) is 0 Å². The largest absolute Gasteiger partial charge is 0.353 e. The summed E-state index contributed by atoms with van der Waals surface area (Å²) in [5, 5.41) is 1.10. The molecule has 1 aliphatic rings. The van der Waals surface area contributed by atoms with Crippen molar-refractivity contribution >= 4 is 43.2 Å². The molecule has 0 atom stereocenters. The van der Waals surface area contributed by atoms with E-state index >= 15 is 0 Å². The van der Waals surface area contributed by atoms with E-state index in [4.69, 9.17) is 0 Å². The minimum absolute atomic E-state index is 0.170. The highest BCUT2D eigenvalue weighted by atomic mass is 32.2. The zero-order valence-corrected chi connectivity index (χ0v) is 16.7. The Kier molecular flexibility index (Phi) is 4.70. The van der Waals surface area contributed by atoms with Crippen molar-refractivity contribution in [2.24, 2.45) is 0 Å². The molecule has 1 fully saturated rings. The minimum Gasteiger partial charge on any atom is -0.353 e. The number of fused-ring (bicyclic) bond motifs is 1. The van der Waals surface area contributed by atoms with E-state index in [2.05, 4.69) is 42.5 Å². The number of nitrogens with one attached hydrogen (secondary N) is 1. The summed E-state index contributed by atoms with van der Waals surface area (Å²) in [6.07, 6.45) is 3.03. The number of thiophene rings is 1. The van der Waals surface area contributed by atoms with Gasteiger partial charge in [-0.2, -0.15) is 0 Å². The van der Waals surface area contributed by atoms with Crippen molar-refractivity contribution in [1.82, 2.24) is 19.7 Å². The van der Waals surface area contributed by atoms with Gasteiger partial charge >= 0.3 is 0 Å². The van der Waals surface area contributed by atoms with Gasteiger partial charge in [-0.25, -0.2) is 28.1 Å². The van der Waals surface area contributed by atoms with E-state index in [0.29, 0.717) is 0 Å². The molecule has 10 heteroatoms. The van der Waals surface area contributed by atoms with Crippen LogP contribution in [0, 0.1) is 6.92 Å². The minimum atomic E-state index is -3.46. The number of nitrogens with zero attached hydrogens (tertiary/aromatic N) is 5. The van der Waals surface area contributed by atoms with Crippen LogP contribution in [0.15, 0.2) is 35.6 Å². The van der Waals surface area contributed by atoms with Crippen molar-refractivity contribution in [3.63, 3.8) is 0 Å². The van der Waals surface area contributed by atoms with Crippen LogP contribution in [0.3, 0.4) is 0 Å². The molecule has 1 saturated heterocycles. The SMILES string of the molecule is CNS(=O)(=O)c1ccc(N2CCN(c3ncnc4sc(C)cc34)CC2)nc1. The van der Waals surface area contributed by atoms with Crippen molar-refractivity contribution in [3.8, 4) is 0 Å². The third-order valence-corrected chi connectivity index (χ3v) is 6.99. The van der Waals surface area contributed by atoms with E-state index in [0.717, 1.165) is 48.0 Å². The Labute approximate surface area is 161 Å². The van der Waals surface area contributed by atoms with Crippen LogP contribution in [0.4, 0.5) is 11.6 Å². The summed E-state index contributed by atoms with van der Waals surface area (Å²) in [6, 6.07) is 5.48. The third-order valence-electron chi connectivity index (χ3n) is 4.63. The number of pyridine rings is 1. The van der Waals surface area contributed by atoms with Crippen LogP contribution >= 0.6 is 11.3 Å². The van der Waals surface area contributed by atoms with Crippen LogP contribution in [0.1, 0.15) is 4.88 Å². The second-order valence-electron chi connectivity index (χ2n) is 6.31. The normalized spacial score (nSPS) is 15.5. The van der Waals surface area contributed by atoms with Gasteiger partial charge in [0.25, 0.3) is 0 Å². The van der Waals surface area contributed by atoms with Gasteiger partial charge in [-0.3, -0.25) is 0 Å². The maximum absolute atomic E-state index is 11.8. The molecule has 0 amide bonds. The summed E-state index contributed by atoms with van der Waals surface area (Å²) in [4.78, 5) is 20.0. The first kappa shape index (κ1) is 18.1. The van der Waals surface area contributed by atoms with Crippen LogP contribution in [0.2, 0.25) is 0 Å². The Morgan fingerprint density at radius 3 is 2.48 bits per heavy atom. The highest BCUT2D eigenvalue weighted by Crippen LogP contribution is 2.30. The Hall–Kier alpha value is -2.30. The Morgan fingerprint density at radius 1 is 1.07 bits per heavy atom. The predicted molar refractivity (Wildman–Crippen MR) is 107 cm³/mol. The van der Waals surface area contributed by atoms with Crippen molar-refractivity contribution < 1.29 is 8.42 Å². The fraction of sp³-hybridized carbons (Fsp3) is 0.353. The third kappa shape index (κ3) is 3.47. The highest BCUT2D eigenvalue weighted by Gasteiger charge is 2.22. The van der Waals surface area contributed by atoms with E-state index in [1.807, 2.05) is 0 Å². The number of hydrogen-bond donors (Lipinski definition) is 1. The summed E-state index contributed by atoms with van der Waals surface area (Å²) in [6.45, 7) is 5.30. The van der Waals surface area contributed by atoms with E-state index in [9.17, 15) is 8.42 Å². The fourth-order valence-corrected chi connectivity index (χ4v) is 4.72. The maximum Gasteiger partial charge on any atom is 0.241 e. The van der Waals surface area contributed by atoms with Crippen LogP contribution in [0.5, 0.6) is 0 Å². The summed E-state index contributed by atoms with van der Waals surface area (Å²) in [5.41, 5.74) is 0. The lowest BCUT2D eigenvalue weighted by molar-refractivity contribution is 0.587. The zero-order valence-electron chi connectivity index (χ0n) is 15.1. The average Bonchev–Trinajstić information content (AvgIpc) is 3.08. The smallest absolute Gasteiger partial charge is 0.241 e. The molecule has 0 radical (unpaired) electrons. The monoisotopic (exact) mass is 404 g/mol. The molecule has 1 aliphatic heterocycles. The number of hydrogen-bond acceptors (Lipinski definition) is 8. The van der Waals surface area contributed by atoms with Crippen molar-refractivity contribution in [2.45, 2.75) is 11.8 Å². The quantitative estimate of drug-likeness (QED) is 0.707. The van der Waals surface area contributed by atoms with Crippen molar-refractivity contribution in [2.75, 3.05) is 43.0 Å². The van der Waals surface area contributed by atoms with Crippen LogP contribution in [-0.2, 0) is 10.0 Å². The molecule has 27 heavy (non-hydrogen) atoms. The highest BCUT2D eigenvalue weighted by molar-refractivity contribution is 7.89. The molecule has 4 heterocycles. The van der Waals surface area contributed by atoms with E-state index in [1.54, 1.807) is 29.8 Å². The van der Waals surface area contributed by atoms with Gasteiger partial charge in [0.2, 0.25) is 10.0 Å². The van der Waals surface area contributed by atoms with Crippen LogP contribution in [0.25, 0.3) is 10.2 Å². The lowest BCUT2D eigenvalue weighted by atomic mass is 10.2. The number of aromatic nitrogens is 3. The molecule has 0 aliphatic carbocycles. The summed E-state index contributed by atoms with van der Waals surface area (Å²) >= 11 is 1.68. The van der Waals surface area contributed by atoms with Crippen molar-refractivity contribution in [3.05, 3.63) is 35.6 Å². The number of sulfonamides is 1. The number of anilines is 2. The van der Waals surface area contributed by atoms with Crippen LogP contribution < -0.4 is 14.5 Å². The molecular formula is C17H20N6O2S2. The van der Waals surface area contributed by atoms with E-state index in [1.165, 1.54) is 18.1 Å². The molecule has 3 aromatic rings. The molecule has 0 saturated carbocycles. The number of aryl methyl sites for hydroxylation is 1. The molecule has 3 aromatic heterocycles.